The summed E-state index contributed by atoms with van der Waals surface area (Å²) in [5.74, 6) is 1.90. The molecular weight excluding hydrogens is 516 g/mol. The topological polar surface area (TPSA) is 86.6 Å². The number of fused-ring (bicyclic) bond motifs is 1. The predicted octanol–water partition coefficient (Wildman–Crippen LogP) is 5.10. The lowest BCUT2D eigenvalue weighted by atomic mass is 9.97. The number of nitrogens with one attached hydrogen (secondary N) is 1. The van der Waals surface area contributed by atoms with Gasteiger partial charge in [0.05, 0.1) is 38.2 Å². The Morgan fingerprint density at radius 2 is 1.95 bits per heavy atom. The molecule has 1 atom stereocenters. The van der Waals surface area contributed by atoms with Crippen LogP contribution in [-0.2, 0) is 15.9 Å². The molecule has 3 aliphatic rings. The first-order valence-corrected chi connectivity index (χ1v) is 13.6. The molecule has 2 aliphatic heterocycles. The zero-order chi connectivity index (χ0) is 26.4. The maximum Gasteiger partial charge on any atom is 0.229 e. The summed E-state index contributed by atoms with van der Waals surface area (Å²) in [7, 11) is 1.64. The van der Waals surface area contributed by atoms with Crippen LogP contribution in [0.5, 0.6) is 5.75 Å². The lowest BCUT2D eigenvalue weighted by molar-refractivity contribution is -0.137. The van der Waals surface area contributed by atoms with Crippen LogP contribution in [0.1, 0.15) is 35.6 Å². The van der Waals surface area contributed by atoms with Crippen molar-refractivity contribution in [3.05, 3.63) is 83.0 Å². The van der Waals surface area contributed by atoms with Crippen molar-refractivity contribution >= 4 is 29.1 Å². The van der Waals surface area contributed by atoms with Gasteiger partial charge in [0.1, 0.15) is 23.0 Å². The Bertz CT molecular complexity index is 1500. The molecule has 4 heterocycles. The Labute approximate surface area is 231 Å². The summed E-state index contributed by atoms with van der Waals surface area (Å²) in [6.45, 7) is 2.78. The molecule has 1 aliphatic carbocycles. The van der Waals surface area contributed by atoms with Crippen LogP contribution >= 0.6 is 11.6 Å². The molecular formula is C29H29ClN6O3. The van der Waals surface area contributed by atoms with Gasteiger partial charge in [-0.15, -0.1) is 0 Å². The number of ether oxygens (including phenoxy) is 3. The van der Waals surface area contributed by atoms with Crippen molar-refractivity contribution in [1.82, 2.24) is 19.5 Å². The third-order valence-corrected chi connectivity index (χ3v) is 8.00. The molecule has 0 amide bonds. The molecule has 7 rings (SSSR count). The first kappa shape index (κ1) is 24.4. The van der Waals surface area contributed by atoms with Gasteiger partial charge in [-0.1, -0.05) is 41.9 Å². The van der Waals surface area contributed by atoms with E-state index < -0.39 is 5.79 Å². The van der Waals surface area contributed by atoms with E-state index in [0.717, 1.165) is 48.7 Å². The van der Waals surface area contributed by atoms with Gasteiger partial charge < -0.3 is 29.0 Å². The average Bonchev–Trinajstić information content (AvgIpc) is 3.77. The molecule has 2 fully saturated rings. The third-order valence-electron chi connectivity index (χ3n) is 7.80. The summed E-state index contributed by atoms with van der Waals surface area (Å²) in [5, 5.41) is 3.87. The quantitative estimate of drug-likeness (QED) is 0.359. The molecule has 10 heteroatoms. The SMILES string of the molecule is COc1cc(Nc2nc3c(c(N4CCC5(C4)OCCO5)n2)CCC3c2ccccc2)ccc1-n1cnc(Cl)c1. The first-order valence-electron chi connectivity index (χ1n) is 13.2. The molecule has 200 valence electrons. The van der Waals surface area contributed by atoms with Crippen molar-refractivity contribution in [2.45, 2.75) is 31.0 Å². The highest BCUT2D eigenvalue weighted by atomic mass is 35.5. The van der Waals surface area contributed by atoms with Gasteiger partial charge in [-0.05, 0) is 30.5 Å². The van der Waals surface area contributed by atoms with Crippen LogP contribution in [0.4, 0.5) is 17.5 Å². The highest BCUT2D eigenvalue weighted by Crippen LogP contribution is 2.43. The number of anilines is 3. The maximum absolute atomic E-state index is 6.03. The van der Waals surface area contributed by atoms with E-state index in [9.17, 15) is 0 Å². The fraction of sp³-hybridized carbons (Fsp3) is 0.345. The Morgan fingerprint density at radius 1 is 1.10 bits per heavy atom. The standard InChI is InChI=1S/C29H29ClN6O3/c1-37-24-15-20(7-10-23(24)36-16-25(30)31-18-36)32-28-33-26-21(19-5-3-2-4-6-19)8-9-22(26)27(34-28)35-12-11-29(17-35)38-13-14-39-29/h2-7,10,15-16,18,21H,8-9,11-14,17H2,1H3,(H,32,33,34). The van der Waals surface area contributed by atoms with Crippen molar-refractivity contribution in [3.63, 3.8) is 0 Å². The molecule has 0 radical (unpaired) electrons. The minimum absolute atomic E-state index is 0.224. The second-order valence-corrected chi connectivity index (χ2v) is 10.5. The molecule has 0 saturated carbocycles. The van der Waals surface area contributed by atoms with Crippen LogP contribution in [0.2, 0.25) is 5.15 Å². The number of rotatable bonds is 6. The van der Waals surface area contributed by atoms with Crippen molar-refractivity contribution in [2.24, 2.45) is 0 Å². The highest BCUT2D eigenvalue weighted by Gasteiger charge is 2.45. The maximum atomic E-state index is 6.03. The summed E-state index contributed by atoms with van der Waals surface area (Å²) in [4.78, 5) is 16.6. The second kappa shape index (κ2) is 9.82. The fourth-order valence-corrected chi connectivity index (χ4v) is 6.11. The van der Waals surface area contributed by atoms with Gasteiger partial charge in [-0.3, -0.25) is 0 Å². The van der Waals surface area contributed by atoms with Gasteiger partial charge >= 0.3 is 0 Å². The number of imidazole rings is 1. The zero-order valence-electron chi connectivity index (χ0n) is 21.6. The molecule has 2 saturated heterocycles. The van der Waals surface area contributed by atoms with Crippen LogP contribution in [0.15, 0.2) is 61.1 Å². The average molecular weight is 545 g/mol. The summed E-state index contributed by atoms with van der Waals surface area (Å²) in [5.41, 5.74) is 5.23. The first-order chi connectivity index (χ1) is 19.1. The predicted molar refractivity (Wildman–Crippen MR) is 149 cm³/mol. The van der Waals surface area contributed by atoms with Crippen LogP contribution in [0, 0.1) is 0 Å². The lowest BCUT2D eigenvalue weighted by Gasteiger charge is -2.25. The molecule has 1 spiro atoms. The minimum atomic E-state index is -0.526. The molecule has 0 bridgehead atoms. The largest absolute Gasteiger partial charge is 0.494 e. The second-order valence-electron chi connectivity index (χ2n) is 10.1. The van der Waals surface area contributed by atoms with E-state index >= 15 is 0 Å². The van der Waals surface area contributed by atoms with Crippen LogP contribution in [-0.4, -0.2) is 58.7 Å². The molecule has 2 aromatic carbocycles. The number of methoxy groups -OCH3 is 1. The number of hydrogen-bond acceptors (Lipinski definition) is 8. The van der Waals surface area contributed by atoms with Gasteiger partial charge in [-0.25, -0.2) is 9.97 Å². The van der Waals surface area contributed by atoms with Gasteiger partial charge in [0, 0.05) is 42.4 Å². The summed E-state index contributed by atoms with van der Waals surface area (Å²) in [6, 6.07) is 16.5. The number of nitrogens with zero attached hydrogens (tertiary/aromatic N) is 5. The number of aromatic nitrogens is 4. The molecule has 39 heavy (non-hydrogen) atoms. The Hall–Kier alpha value is -3.66. The van der Waals surface area contributed by atoms with E-state index in [1.54, 1.807) is 19.6 Å². The number of benzene rings is 2. The van der Waals surface area contributed by atoms with E-state index in [-0.39, 0.29) is 5.92 Å². The monoisotopic (exact) mass is 544 g/mol. The van der Waals surface area contributed by atoms with Crippen LogP contribution < -0.4 is 15.0 Å². The van der Waals surface area contributed by atoms with Crippen molar-refractivity contribution in [1.29, 1.82) is 0 Å². The summed E-state index contributed by atoms with van der Waals surface area (Å²) < 4.78 is 19.5. The Balaban J connectivity index is 1.25. The van der Waals surface area contributed by atoms with Gasteiger partial charge in [-0.2, -0.15) is 4.98 Å². The highest BCUT2D eigenvalue weighted by molar-refractivity contribution is 6.29. The third kappa shape index (κ3) is 4.50. The summed E-state index contributed by atoms with van der Waals surface area (Å²) in [6.07, 6.45) is 6.17. The van der Waals surface area contributed by atoms with E-state index in [2.05, 4.69) is 45.5 Å². The van der Waals surface area contributed by atoms with Crippen molar-refractivity contribution in [3.8, 4) is 11.4 Å². The molecule has 2 aromatic heterocycles. The molecule has 4 aromatic rings. The van der Waals surface area contributed by atoms with Crippen LogP contribution in [0.25, 0.3) is 5.69 Å². The Kier molecular flexibility index (Phi) is 6.14. The number of hydrogen-bond donors (Lipinski definition) is 1. The van der Waals surface area contributed by atoms with E-state index in [1.807, 2.05) is 22.8 Å². The van der Waals surface area contributed by atoms with Gasteiger partial charge in [0.15, 0.2) is 5.79 Å². The minimum Gasteiger partial charge on any atom is -0.494 e. The molecule has 1 N–H and O–H groups in total. The van der Waals surface area contributed by atoms with Gasteiger partial charge in [0.2, 0.25) is 5.95 Å². The van der Waals surface area contributed by atoms with Crippen LogP contribution in [0.3, 0.4) is 0 Å². The summed E-state index contributed by atoms with van der Waals surface area (Å²) >= 11 is 6.03. The molecule has 1 unspecified atom stereocenters. The smallest absolute Gasteiger partial charge is 0.229 e. The molecule has 9 nitrogen and oxygen atoms in total. The van der Waals surface area contributed by atoms with Gasteiger partial charge in [0.25, 0.3) is 0 Å². The Morgan fingerprint density at radius 3 is 2.72 bits per heavy atom. The van der Waals surface area contributed by atoms with E-state index in [0.29, 0.717) is 36.6 Å². The van der Waals surface area contributed by atoms with E-state index in [1.165, 1.54) is 11.1 Å². The van der Waals surface area contributed by atoms with E-state index in [4.69, 9.17) is 35.8 Å². The lowest BCUT2D eigenvalue weighted by Crippen LogP contribution is -2.35. The normalized spacial score (nSPS) is 19.5. The van der Waals surface area contributed by atoms with Crippen molar-refractivity contribution in [2.75, 3.05) is 43.6 Å². The van der Waals surface area contributed by atoms with Crippen molar-refractivity contribution < 1.29 is 14.2 Å². The number of halogens is 1. The fourth-order valence-electron chi connectivity index (χ4n) is 5.97. The zero-order valence-corrected chi connectivity index (χ0v) is 22.4.